The first kappa shape index (κ1) is 22.9. The number of carbonyl (C=O) groups excluding carboxylic acids is 1. The molecule has 0 radical (unpaired) electrons. The lowest BCUT2D eigenvalue weighted by Crippen LogP contribution is -2.17. The number of ether oxygens (including phenoxy) is 2. The minimum absolute atomic E-state index is 0.101. The standard InChI is InChI=1S/C30H24N2O4/c1-35-29-15-20(11-13-28(29)36-19-21-10-12-22-6-2-3-7-23(22)14-21)18-31-32-30(34)26-16-24-8-4-5-9-25(24)17-27(26)33/h2-18,33H,19H2,1H3,(H,32,34). The van der Waals surface area contributed by atoms with Crippen LogP contribution in [-0.4, -0.2) is 24.3 Å². The Morgan fingerprint density at radius 3 is 2.28 bits per heavy atom. The summed E-state index contributed by atoms with van der Waals surface area (Å²) >= 11 is 0. The second-order valence-electron chi connectivity index (χ2n) is 8.30. The number of nitrogens with zero attached hydrogens (tertiary/aromatic N) is 1. The van der Waals surface area contributed by atoms with E-state index < -0.39 is 5.91 Å². The van der Waals surface area contributed by atoms with Gasteiger partial charge in [-0.25, -0.2) is 5.43 Å². The molecule has 0 bridgehead atoms. The SMILES string of the molecule is COc1cc(C=NNC(=O)c2cc3ccccc3cc2O)ccc1OCc1ccc2ccccc2c1. The molecule has 0 unspecified atom stereocenters. The van der Waals surface area contributed by atoms with Gasteiger partial charge in [0.15, 0.2) is 11.5 Å². The van der Waals surface area contributed by atoms with Crippen molar-refractivity contribution in [2.75, 3.05) is 7.11 Å². The van der Waals surface area contributed by atoms with E-state index in [-0.39, 0.29) is 11.3 Å². The third-order valence-corrected chi connectivity index (χ3v) is 5.88. The van der Waals surface area contributed by atoms with Crippen molar-refractivity contribution >= 4 is 33.7 Å². The Morgan fingerprint density at radius 2 is 1.53 bits per heavy atom. The first-order valence-corrected chi connectivity index (χ1v) is 11.4. The van der Waals surface area contributed by atoms with Crippen LogP contribution in [-0.2, 0) is 6.61 Å². The highest BCUT2D eigenvalue weighted by Crippen LogP contribution is 2.29. The molecule has 0 aromatic heterocycles. The van der Waals surface area contributed by atoms with Crippen LogP contribution in [0.1, 0.15) is 21.5 Å². The smallest absolute Gasteiger partial charge is 0.275 e. The molecular weight excluding hydrogens is 452 g/mol. The normalized spacial score (nSPS) is 11.1. The second-order valence-corrected chi connectivity index (χ2v) is 8.30. The van der Waals surface area contributed by atoms with Gasteiger partial charge in [-0.2, -0.15) is 5.10 Å². The maximum absolute atomic E-state index is 12.5. The molecule has 2 N–H and O–H groups in total. The number of phenolic OH excluding ortho intramolecular Hbond substituents is 1. The van der Waals surface area contributed by atoms with Crippen LogP contribution in [0.3, 0.4) is 0 Å². The monoisotopic (exact) mass is 476 g/mol. The van der Waals surface area contributed by atoms with Crippen molar-refractivity contribution in [3.63, 3.8) is 0 Å². The van der Waals surface area contributed by atoms with Crippen molar-refractivity contribution in [3.05, 3.63) is 114 Å². The topological polar surface area (TPSA) is 80.2 Å². The lowest BCUT2D eigenvalue weighted by molar-refractivity contribution is 0.0952. The fraction of sp³-hybridized carbons (Fsp3) is 0.0667. The zero-order valence-corrected chi connectivity index (χ0v) is 19.6. The van der Waals surface area contributed by atoms with Crippen molar-refractivity contribution < 1.29 is 19.4 Å². The number of nitrogens with one attached hydrogen (secondary N) is 1. The molecule has 1 amide bonds. The second kappa shape index (κ2) is 10.2. The number of methoxy groups -OCH3 is 1. The summed E-state index contributed by atoms with van der Waals surface area (Å²) in [6.07, 6.45) is 1.51. The fourth-order valence-corrected chi connectivity index (χ4v) is 4.01. The first-order valence-electron chi connectivity index (χ1n) is 11.4. The Bertz CT molecular complexity index is 1590. The van der Waals surface area contributed by atoms with Crippen molar-refractivity contribution in [3.8, 4) is 17.2 Å². The zero-order chi connectivity index (χ0) is 24.9. The fourth-order valence-electron chi connectivity index (χ4n) is 4.01. The number of hydrogen-bond donors (Lipinski definition) is 2. The number of phenols is 1. The summed E-state index contributed by atoms with van der Waals surface area (Å²) in [4.78, 5) is 12.5. The Morgan fingerprint density at radius 1 is 0.833 bits per heavy atom. The predicted octanol–water partition coefficient (Wildman–Crippen LogP) is 6.05. The van der Waals surface area contributed by atoms with E-state index in [0.717, 1.165) is 21.7 Å². The van der Waals surface area contributed by atoms with E-state index >= 15 is 0 Å². The molecule has 0 heterocycles. The van der Waals surface area contributed by atoms with E-state index in [1.165, 1.54) is 11.6 Å². The average Bonchev–Trinajstić information content (AvgIpc) is 2.91. The van der Waals surface area contributed by atoms with Gasteiger partial charge >= 0.3 is 0 Å². The van der Waals surface area contributed by atoms with Gasteiger partial charge in [-0.1, -0.05) is 60.7 Å². The van der Waals surface area contributed by atoms with Gasteiger partial charge in [-0.15, -0.1) is 0 Å². The van der Waals surface area contributed by atoms with Crippen LogP contribution in [0.4, 0.5) is 0 Å². The number of hydrogen-bond acceptors (Lipinski definition) is 5. The third-order valence-electron chi connectivity index (χ3n) is 5.88. The van der Waals surface area contributed by atoms with Crippen molar-refractivity contribution in [1.29, 1.82) is 0 Å². The van der Waals surface area contributed by atoms with Crippen molar-refractivity contribution in [1.82, 2.24) is 5.43 Å². The Labute approximate surface area is 208 Å². The summed E-state index contributed by atoms with van der Waals surface area (Å²) in [6, 6.07) is 30.5. The summed E-state index contributed by atoms with van der Waals surface area (Å²) < 4.78 is 11.5. The highest BCUT2D eigenvalue weighted by Gasteiger charge is 2.12. The van der Waals surface area contributed by atoms with E-state index in [9.17, 15) is 9.90 Å². The van der Waals surface area contributed by atoms with Gasteiger partial charge in [0.1, 0.15) is 12.4 Å². The van der Waals surface area contributed by atoms with Gasteiger partial charge in [0.05, 0.1) is 18.9 Å². The molecule has 0 aliphatic carbocycles. The zero-order valence-electron chi connectivity index (χ0n) is 19.6. The van der Waals surface area contributed by atoms with Crippen molar-refractivity contribution in [2.45, 2.75) is 6.61 Å². The van der Waals surface area contributed by atoms with Gasteiger partial charge < -0.3 is 14.6 Å². The summed E-state index contributed by atoms with van der Waals surface area (Å²) in [6.45, 7) is 0.403. The van der Waals surface area contributed by atoms with Gasteiger partial charge in [-0.3, -0.25) is 4.79 Å². The van der Waals surface area contributed by atoms with Crippen molar-refractivity contribution in [2.24, 2.45) is 5.10 Å². The Balaban J connectivity index is 1.25. The number of amides is 1. The number of hydrazone groups is 1. The maximum Gasteiger partial charge on any atom is 0.275 e. The van der Waals surface area contributed by atoms with E-state index in [1.807, 2.05) is 48.5 Å². The van der Waals surface area contributed by atoms with Gasteiger partial charge in [0.25, 0.3) is 5.91 Å². The summed E-state index contributed by atoms with van der Waals surface area (Å²) in [5.74, 6) is 0.555. The summed E-state index contributed by atoms with van der Waals surface area (Å²) in [7, 11) is 1.57. The van der Waals surface area contributed by atoms with Crippen LogP contribution < -0.4 is 14.9 Å². The molecule has 5 rings (SSSR count). The molecule has 5 aromatic carbocycles. The summed E-state index contributed by atoms with van der Waals surface area (Å²) in [5, 5.41) is 18.3. The summed E-state index contributed by atoms with van der Waals surface area (Å²) in [5.41, 5.74) is 4.39. The van der Waals surface area contributed by atoms with Crippen LogP contribution in [0.15, 0.2) is 102 Å². The molecule has 0 saturated heterocycles. The quantitative estimate of drug-likeness (QED) is 0.221. The molecule has 0 atom stereocenters. The molecule has 0 aliphatic rings. The molecule has 0 aliphatic heterocycles. The molecule has 0 fully saturated rings. The van der Waals surface area contributed by atoms with Gasteiger partial charge in [-0.05, 0) is 69.1 Å². The molecule has 36 heavy (non-hydrogen) atoms. The number of carbonyl (C=O) groups is 1. The maximum atomic E-state index is 12.5. The number of fused-ring (bicyclic) bond motifs is 2. The van der Waals surface area contributed by atoms with Crippen LogP contribution in [0.2, 0.25) is 0 Å². The minimum Gasteiger partial charge on any atom is -0.507 e. The van der Waals surface area contributed by atoms with E-state index in [2.05, 4.69) is 34.8 Å². The molecule has 5 aromatic rings. The molecule has 0 saturated carbocycles. The molecule has 178 valence electrons. The Hall–Kier alpha value is -4.84. The average molecular weight is 477 g/mol. The molecule has 0 spiro atoms. The van der Waals surface area contributed by atoms with Crippen LogP contribution in [0, 0.1) is 0 Å². The lowest BCUT2D eigenvalue weighted by Gasteiger charge is -2.12. The lowest BCUT2D eigenvalue weighted by atomic mass is 10.1. The van der Waals surface area contributed by atoms with Gasteiger partial charge in [0.2, 0.25) is 0 Å². The first-order chi connectivity index (χ1) is 17.6. The van der Waals surface area contributed by atoms with Crippen LogP contribution in [0.5, 0.6) is 17.2 Å². The molecular formula is C30H24N2O4. The van der Waals surface area contributed by atoms with Gasteiger partial charge in [0, 0.05) is 0 Å². The van der Waals surface area contributed by atoms with Crippen LogP contribution in [0.25, 0.3) is 21.5 Å². The molecule has 6 heteroatoms. The predicted molar refractivity (Wildman–Crippen MR) is 142 cm³/mol. The third kappa shape index (κ3) is 4.98. The highest BCUT2D eigenvalue weighted by atomic mass is 16.5. The molecule has 6 nitrogen and oxygen atoms in total. The van der Waals surface area contributed by atoms with E-state index in [4.69, 9.17) is 9.47 Å². The number of rotatable bonds is 7. The van der Waals surface area contributed by atoms with E-state index in [0.29, 0.717) is 23.7 Å². The number of benzene rings is 5. The Kier molecular flexibility index (Phi) is 6.49. The minimum atomic E-state index is -0.503. The van der Waals surface area contributed by atoms with E-state index in [1.54, 1.807) is 31.4 Å². The highest BCUT2D eigenvalue weighted by molar-refractivity contribution is 6.01. The number of aromatic hydroxyl groups is 1. The van der Waals surface area contributed by atoms with Crippen LogP contribution >= 0.6 is 0 Å². The largest absolute Gasteiger partial charge is 0.507 e.